The Morgan fingerprint density at radius 3 is 2.62 bits per heavy atom. The number of anilines is 1. The van der Waals surface area contributed by atoms with Gasteiger partial charge in [0.25, 0.3) is 0 Å². The summed E-state index contributed by atoms with van der Waals surface area (Å²) < 4.78 is 5.89. The number of nitrogens with one attached hydrogen (secondary N) is 1. The summed E-state index contributed by atoms with van der Waals surface area (Å²) in [5.41, 5.74) is 3.07. The van der Waals surface area contributed by atoms with Crippen LogP contribution in [0.5, 0.6) is 0 Å². The molecule has 0 fully saturated rings. The molecule has 21 heavy (non-hydrogen) atoms. The van der Waals surface area contributed by atoms with Crippen LogP contribution in [-0.2, 0) is 13.0 Å². The van der Waals surface area contributed by atoms with Gasteiger partial charge in [-0.15, -0.1) is 0 Å². The molecule has 2 nitrogen and oxygen atoms in total. The lowest BCUT2D eigenvalue weighted by Crippen LogP contribution is -2.01. The molecule has 0 aliphatic carbocycles. The van der Waals surface area contributed by atoms with Gasteiger partial charge in [0.2, 0.25) is 0 Å². The van der Waals surface area contributed by atoms with E-state index in [-0.39, 0.29) is 0 Å². The number of aryl methyl sites for hydroxylation is 1. The zero-order chi connectivity index (χ0) is 14.8. The van der Waals surface area contributed by atoms with E-state index in [4.69, 9.17) is 27.6 Å². The van der Waals surface area contributed by atoms with E-state index in [9.17, 15) is 0 Å². The minimum atomic E-state index is 0.550. The van der Waals surface area contributed by atoms with E-state index in [1.807, 2.05) is 30.3 Å². The van der Waals surface area contributed by atoms with Crippen LogP contribution in [0.25, 0.3) is 11.0 Å². The van der Waals surface area contributed by atoms with Crippen molar-refractivity contribution in [3.8, 4) is 0 Å². The zero-order valence-electron chi connectivity index (χ0n) is 11.6. The molecule has 108 valence electrons. The fourth-order valence-electron chi connectivity index (χ4n) is 2.43. The Morgan fingerprint density at radius 1 is 1.05 bits per heavy atom. The third-order valence-corrected chi connectivity index (χ3v) is 4.23. The first-order valence-corrected chi connectivity index (χ1v) is 7.63. The van der Waals surface area contributed by atoms with Crippen LogP contribution >= 0.6 is 23.2 Å². The Hall–Kier alpha value is -1.64. The van der Waals surface area contributed by atoms with E-state index in [2.05, 4.69) is 18.3 Å². The molecule has 0 aliphatic rings. The average molecular weight is 320 g/mol. The Labute approximate surface area is 133 Å². The second kappa shape index (κ2) is 6.00. The van der Waals surface area contributed by atoms with Crippen molar-refractivity contribution < 1.29 is 4.42 Å². The highest BCUT2D eigenvalue weighted by atomic mass is 35.5. The van der Waals surface area contributed by atoms with Gasteiger partial charge in [-0.1, -0.05) is 48.3 Å². The average Bonchev–Trinajstić information content (AvgIpc) is 2.86. The predicted molar refractivity (Wildman–Crippen MR) is 89.4 cm³/mol. The number of hydrogen-bond donors (Lipinski definition) is 1. The van der Waals surface area contributed by atoms with Crippen molar-refractivity contribution in [2.45, 2.75) is 19.9 Å². The highest BCUT2D eigenvalue weighted by molar-refractivity contribution is 6.42. The summed E-state index contributed by atoms with van der Waals surface area (Å²) >= 11 is 12.0. The highest BCUT2D eigenvalue weighted by Gasteiger charge is 2.12. The Bertz CT molecular complexity index is 780. The van der Waals surface area contributed by atoms with Gasteiger partial charge in [-0.25, -0.2) is 0 Å². The molecule has 3 aromatic rings. The second-order valence-electron chi connectivity index (χ2n) is 4.84. The van der Waals surface area contributed by atoms with Gasteiger partial charge in [-0.05, 0) is 24.3 Å². The molecule has 0 saturated heterocycles. The standard InChI is InChI=1S/C17H15Cl2NO/c1-2-16-13(12-5-3-4-6-17(12)21-16)10-20-11-7-8-14(18)15(19)9-11/h3-9,20H,2,10H2,1H3. The van der Waals surface area contributed by atoms with E-state index in [0.717, 1.165) is 28.8 Å². The SMILES string of the molecule is CCc1oc2ccccc2c1CNc1ccc(Cl)c(Cl)c1. The number of para-hydroxylation sites is 1. The van der Waals surface area contributed by atoms with Gasteiger partial charge >= 0.3 is 0 Å². The van der Waals surface area contributed by atoms with Gasteiger partial charge < -0.3 is 9.73 Å². The van der Waals surface area contributed by atoms with Gasteiger partial charge in [0.05, 0.1) is 10.0 Å². The van der Waals surface area contributed by atoms with Gasteiger partial charge in [0.1, 0.15) is 11.3 Å². The van der Waals surface area contributed by atoms with Crippen LogP contribution in [0.2, 0.25) is 10.0 Å². The van der Waals surface area contributed by atoms with Gasteiger partial charge in [0, 0.05) is 29.6 Å². The molecule has 0 atom stereocenters. The van der Waals surface area contributed by atoms with Crippen molar-refractivity contribution >= 4 is 39.9 Å². The first-order valence-electron chi connectivity index (χ1n) is 6.87. The third kappa shape index (κ3) is 2.87. The maximum Gasteiger partial charge on any atom is 0.134 e. The molecule has 1 heterocycles. The molecular weight excluding hydrogens is 305 g/mol. The van der Waals surface area contributed by atoms with Crippen molar-refractivity contribution in [2.24, 2.45) is 0 Å². The minimum absolute atomic E-state index is 0.550. The zero-order valence-corrected chi connectivity index (χ0v) is 13.1. The lowest BCUT2D eigenvalue weighted by Gasteiger charge is -2.08. The third-order valence-electron chi connectivity index (χ3n) is 3.49. The fourth-order valence-corrected chi connectivity index (χ4v) is 2.72. The van der Waals surface area contributed by atoms with Gasteiger partial charge in [0.15, 0.2) is 0 Å². The molecule has 0 spiro atoms. The first-order chi connectivity index (χ1) is 10.2. The molecule has 3 rings (SSSR count). The van der Waals surface area contributed by atoms with Crippen LogP contribution in [0.15, 0.2) is 46.9 Å². The van der Waals surface area contributed by atoms with Crippen LogP contribution in [0.1, 0.15) is 18.2 Å². The lowest BCUT2D eigenvalue weighted by molar-refractivity contribution is 0.551. The van der Waals surface area contributed by atoms with Crippen molar-refractivity contribution in [3.63, 3.8) is 0 Å². The first kappa shape index (κ1) is 14.3. The van der Waals surface area contributed by atoms with E-state index in [0.29, 0.717) is 16.6 Å². The molecular formula is C17H15Cl2NO. The van der Waals surface area contributed by atoms with E-state index < -0.39 is 0 Å². The summed E-state index contributed by atoms with van der Waals surface area (Å²) in [6, 6.07) is 13.6. The summed E-state index contributed by atoms with van der Waals surface area (Å²) in [6.45, 7) is 2.79. The number of fused-ring (bicyclic) bond motifs is 1. The number of halogens is 2. The lowest BCUT2D eigenvalue weighted by atomic mass is 10.1. The molecule has 1 aromatic heterocycles. The Morgan fingerprint density at radius 2 is 1.86 bits per heavy atom. The van der Waals surface area contributed by atoms with Gasteiger partial charge in [-0.3, -0.25) is 0 Å². The van der Waals surface area contributed by atoms with E-state index in [1.165, 1.54) is 5.56 Å². The molecule has 0 aliphatic heterocycles. The molecule has 4 heteroatoms. The smallest absolute Gasteiger partial charge is 0.134 e. The molecule has 0 unspecified atom stereocenters. The van der Waals surface area contributed by atoms with Gasteiger partial charge in [-0.2, -0.15) is 0 Å². The maximum absolute atomic E-state index is 6.04. The van der Waals surface area contributed by atoms with E-state index >= 15 is 0 Å². The summed E-state index contributed by atoms with van der Waals surface area (Å²) in [4.78, 5) is 0. The number of rotatable bonds is 4. The van der Waals surface area contributed by atoms with Crippen LogP contribution in [0, 0.1) is 0 Å². The summed E-state index contributed by atoms with van der Waals surface area (Å²) in [5.74, 6) is 1.02. The monoisotopic (exact) mass is 319 g/mol. The number of hydrogen-bond acceptors (Lipinski definition) is 2. The van der Waals surface area contributed by atoms with Crippen molar-refractivity contribution in [2.75, 3.05) is 5.32 Å². The Balaban J connectivity index is 1.89. The summed E-state index contributed by atoms with van der Waals surface area (Å²) in [5, 5.41) is 5.64. The normalized spacial score (nSPS) is 11.0. The largest absolute Gasteiger partial charge is 0.461 e. The van der Waals surface area contributed by atoms with Crippen molar-refractivity contribution in [3.05, 3.63) is 63.8 Å². The van der Waals surface area contributed by atoms with Crippen LogP contribution in [0.4, 0.5) is 5.69 Å². The molecule has 0 radical (unpaired) electrons. The highest BCUT2D eigenvalue weighted by Crippen LogP contribution is 2.29. The molecule has 2 aromatic carbocycles. The second-order valence-corrected chi connectivity index (χ2v) is 5.65. The molecule has 1 N–H and O–H groups in total. The van der Waals surface area contributed by atoms with Crippen LogP contribution in [0.3, 0.4) is 0 Å². The topological polar surface area (TPSA) is 25.2 Å². The minimum Gasteiger partial charge on any atom is -0.461 e. The number of benzene rings is 2. The summed E-state index contributed by atoms with van der Waals surface area (Å²) in [7, 11) is 0. The maximum atomic E-state index is 6.04. The van der Waals surface area contributed by atoms with E-state index in [1.54, 1.807) is 6.07 Å². The Kier molecular flexibility index (Phi) is 4.09. The molecule has 0 bridgehead atoms. The van der Waals surface area contributed by atoms with Crippen molar-refractivity contribution in [1.29, 1.82) is 0 Å². The number of furan rings is 1. The molecule has 0 saturated carbocycles. The van der Waals surface area contributed by atoms with Crippen LogP contribution in [-0.4, -0.2) is 0 Å². The fraction of sp³-hybridized carbons (Fsp3) is 0.176. The summed E-state index contributed by atoms with van der Waals surface area (Å²) in [6.07, 6.45) is 0.868. The predicted octanol–water partition coefficient (Wildman–Crippen LogP) is 5.91. The quantitative estimate of drug-likeness (QED) is 0.646. The van der Waals surface area contributed by atoms with Crippen molar-refractivity contribution in [1.82, 2.24) is 0 Å². The van der Waals surface area contributed by atoms with Crippen LogP contribution < -0.4 is 5.32 Å². The molecule has 0 amide bonds.